The van der Waals surface area contributed by atoms with Gasteiger partial charge in [0.05, 0.1) is 5.92 Å². The van der Waals surface area contributed by atoms with E-state index in [9.17, 15) is 9.59 Å². The molecule has 2 aliphatic heterocycles. The van der Waals surface area contributed by atoms with E-state index in [0.29, 0.717) is 11.6 Å². The third-order valence-corrected chi connectivity index (χ3v) is 5.79. The Balaban J connectivity index is 1.31. The minimum Gasteiger partial charge on any atom is -0.353 e. The van der Waals surface area contributed by atoms with E-state index < -0.39 is 0 Å². The zero-order valence-electron chi connectivity index (χ0n) is 14.3. The number of hydrogen-bond acceptors (Lipinski definition) is 3. The molecular weight excluding hydrogens is 338 g/mol. The highest BCUT2D eigenvalue weighted by Crippen LogP contribution is 2.30. The topological polar surface area (TPSA) is 52.7 Å². The van der Waals surface area contributed by atoms with Gasteiger partial charge in [0.15, 0.2) is 0 Å². The lowest BCUT2D eigenvalue weighted by Crippen LogP contribution is -2.47. The van der Waals surface area contributed by atoms with Gasteiger partial charge in [0.1, 0.15) is 0 Å². The van der Waals surface area contributed by atoms with Crippen molar-refractivity contribution in [3.63, 3.8) is 0 Å². The van der Waals surface area contributed by atoms with Crippen LogP contribution in [0, 0.1) is 5.92 Å². The molecule has 3 aliphatic rings. The van der Waals surface area contributed by atoms with E-state index in [4.69, 9.17) is 11.6 Å². The Morgan fingerprint density at radius 1 is 1.16 bits per heavy atom. The molecule has 1 atom stereocenters. The van der Waals surface area contributed by atoms with Crippen molar-refractivity contribution in [3.05, 3.63) is 29.3 Å². The van der Waals surface area contributed by atoms with Crippen LogP contribution in [0.5, 0.6) is 0 Å². The van der Waals surface area contributed by atoms with Gasteiger partial charge >= 0.3 is 0 Å². The van der Waals surface area contributed by atoms with Crippen LogP contribution in [0.15, 0.2) is 24.3 Å². The number of benzene rings is 1. The van der Waals surface area contributed by atoms with Crippen LogP contribution in [0.1, 0.15) is 32.1 Å². The minimum atomic E-state index is -0.270. The predicted octanol–water partition coefficient (Wildman–Crippen LogP) is 2.44. The van der Waals surface area contributed by atoms with E-state index in [0.717, 1.165) is 37.7 Å². The normalized spacial score (nSPS) is 25.4. The minimum absolute atomic E-state index is 0.00836. The average molecular weight is 362 g/mol. The van der Waals surface area contributed by atoms with Crippen molar-refractivity contribution >= 4 is 29.1 Å². The van der Waals surface area contributed by atoms with Crippen molar-refractivity contribution < 1.29 is 9.59 Å². The number of halogens is 1. The van der Waals surface area contributed by atoms with Gasteiger partial charge in [-0.2, -0.15) is 0 Å². The smallest absolute Gasteiger partial charge is 0.227 e. The fourth-order valence-corrected chi connectivity index (χ4v) is 4.13. The summed E-state index contributed by atoms with van der Waals surface area (Å²) in [5, 5.41) is 3.77. The van der Waals surface area contributed by atoms with E-state index >= 15 is 0 Å². The van der Waals surface area contributed by atoms with Crippen LogP contribution < -0.4 is 10.2 Å². The molecule has 1 aliphatic carbocycles. The Hall–Kier alpha value is -1.59. The molecule has 2 saturated heterocycles. The number of carbonyl (C=O) groups is 2. The molecule has 1 aromatic rings. The summed E-state index contributed by atoms with van der Waals surface area (Å²) in [7, 11) is 0. The van der Waals surface area contributed by atoms with Gasteiger partial charge in [-0.25, -0.2) is 0 Å². The number of nitrogens with one attached hydrogen (secondary N) is 1. The largest absolute Gasteiger partial charge is 0.353 e. The van der Waals surface area contributed by atoms with Crippen molar-refractivity contribution in [2.75, 3.05) is 24.5 Å². The molecule has 5 nitrogen and oxygen atoms in total. The van der Waals surface area contributed by atoms with E-state index in [2.05, 4.69) is 10.2 Å². The fourth-order valence-electron chi connectivity index (χ4n) is 3.94. The second kappa shape index (κ2) is 6.96. The number of likely N-dealkylation sites (tertiary alicyclic amines) is 1. The van der Waals surface area contributed by atoms with Crippen molar-refractivity contribution in [1.82, 2.24) is 10.2 Å². The molecule has 0 radical (unpaired) electrons. The zero-order valence-corrected chi connectivity index (χ0v) is 15.0. The highest BCUT2D eigenvalue weighted by molar-refractivity contribution is 6.30. The maximum absolute atomic E-state index is 12.6. The summed E-state index contributed by atoms with van der Waals surface area (Å²) >= 11 is 6.02. The summed E-state index contributed by atoms with van der Waals surface area (Å²) in [6, 6.07) is 8.29. The number of rotatable bonds is 4. The Bertz CT molecular complexity index is 668. The molecule has 1 unspecified atom stereocenters. The van der Waals surface area contributed by atoms with Crippen LogP contribution in [-0.2, 0) is 9.59 Å². The standard InChI is InChI=1S/C19H24ClN3O2/c20-14-2-1-3-17(11-14)23-12-13(10-18(23)24)19(25)21-15-6-8-22(9-7-15)16-4-5-16/h1-3,11,13,15-16H,4-10,12H2,(H,21,25). The van der Waals surface area contributed by atoms with Gasteiger partial charge in [-0.05, 0) is 43.9 Å². The average Bonchev–Trinajstić information content (AvgIpc) is 3.37. The number of anilines is 1. The van der Waals surface area contributed by atoms with E-state index in [1.165, 1.54) is 12.8 Å². The molecule has 3 fully saturated rings. The van der Waals surface area contributed by atoms with Crippen molar-refractivity contribution in [1.29, 1.82) is 0 Å². The first-order chi connectivity index (χ1) is 12.1. The number of carbonyl (C=O) groups excluding carboxylic acids is 2. The number of piperidine rings is 1. The quantitative estimate of drug-likeness (QED) is 0.896. The van der Waals surface area contributed by atoms with Crippen molar-refractivity contribution in [2.24, 2.45) is 5.92 Å². The number of amides is 2. The highest BCUT2D eigenvalue weighted by atomic mass is 35.5. The van der Waals surface area contributed by atoms with Crippen molar-refractivity contribution in [3.8, 4) is 0 Å². The van der Waals surface area contributed by atoms with E-state index in [1.54, 1.807) is 17.0 Å². The highest BCUT2D eigenvalue weighted by Gasteiger charge is 2.37. The molecule has 1 saturated carbocycles. The molecule has 4 rings (SSSR count). The maximum atomic E-state index is 12.6. The Labute approximate surface area is 153 Å². The van der Waals surface area contributed by atoms with Gasteiger partial charge in [0, 0.05) is 48.8 Å². The van der Waals surface area contributed by atoms with Crippen LogP contribution in [-0.4, -0.2) is 48.4 Å². The molecule has 1 aromatic carbocycles. The molecule has 134 valence electrons. The molecule has 1 N–H and O–H groups in total. The lowest BCUT2D eigenvalue weighted by Gasteiger charge is -2.32. The first-order valence-electron chi connectivity index (χ1n) is 9.20. The van der Waals surface area contributed by atoms with Crippen molar-refractivity contribution in [2.45, 2.75) is 44.2 Å². The third kappa shape index (κ3) is 3.82. The second-order valence-corrected chi connectivity index (χ2v) is 7.87. The third-order valence-electron chi connectivity index (χ3n) is 5.55. The summed E-state index contributed by atoms with van der Waals surface area (Å²) in [4.78, 5) is 29.1. The Morgan fingerprint density at radius 2 is 1.92 bits per heavy atom. The van der Waals surface area contributed by atoms with Gasteiger partial charge in [0.2, 0.25) is 11.8 Å². The summed E-state index contributed by atoms with van der Waals surface area (Å²) in [5.74, 6) is -0.262. The van der Waals surface area contributed by atoms with Crippen LogP contribution >= 0.6 is 11.6 Å². The van der Waals surface area contributed by atoms with Crippen LogP contribution in [0.25, 0.3) is 0 Å². The molecule has 0 aromatic heterocycles. The predicted molar refractivity (Wildman–Crippen MR) is 97.7 cm³/mol. The van der Waals surface area contributed by atoms with Crippen LogP contribution in [0.4, 0.5) is 5.69 Å². The first-order valence-corrected chi connectivity index (χ1v) is 9.58. The van der Waals surface area contributed by atoms with Gasteiger partial charge in [-0.3, -0.25) is 9.59 Å². The number of hydrogen-bond donors (Lipinski definition) is 1. The Kier molecular flexibility index (Phi) is 4.69. The van der Waals surface area contributed by atoms with Crippen LogP contribution in [0.2, 0.25) is 5.02 Å². The molecule has 2 heterocycles. The molecule has 0 spiro atoms. The maximum Gasteiger partial charge on any atom is 0.227 e. The summed E-state index contributed by atoms with van der Waals surface area (Å²) in [6.07, 6.45) is 4.97. The number of nitrogens with zero attached hydrogens (tertiary/aromatic N) is 2. The first kappa shape index (κ1) is 16.9. The lowest BCUT2D eigenvalue weighted by molar-refractivity contribution is -0.127. The molecule has 0 bridgehead atoms. The molecule has 25 heavy (non-hydrogen) atoms. The van der Waals surface area contributed by atoms with Crippen LogP contribution in [0.3, 0.4) is 0 Å². The fraction of sp³-hybridized carbons (Fsp3) is 0.579. The van der Waals surface area contributed by atoms with Gasteiger partial charge in [0.25, 0.3) is 0 Å². The monoisotopic (exact) mass is 361 g/mol. The summed E-state index contributed by atoms with van der Waals surface area (Å²) < 4.78 is 0. The van der Waals surface area contributed by atoms with Gasteiger partial charge in [-0.1, -0.05) is 17.7 Å². The summed E-state index contributed by atoms with van der Waals surface area (Å²) in [6.45, 7) is 2.59. The molecule has 2 amide bonds. The SMILES string of the molecule is O=C(NC1CCN(C2CC2)CC1)C1CC(=O)N(c2cccc(Cl)c2)C1. The zero-order chi connectivity index (χ0) is 17.4. The Morgan fingerprint density at radius 3 is 2.60 bits per heavy atom. The van der Waals surface area contributed by atoms with Gasteiger partial charge < -0.3 is 15.1 Å². The summed E-state index contributed by atoms with van der Waals surface area (Å²) in [5.41, 5.74) is 0.769. The lowest BCUT2D eigenvalue weighted by atomic mass is 10.0. The van der Waals surface area contributed by atoms with E-state index in [1.807, 2.05) is 12.1 Å². The molecule has 6 heteroatoms. The van der Waals surface area contributed by atoms with E-state index in [-0.39, 0.29) is 30.2 Å². The van der Waals surface area contributed by atoms with Gasteiger partial charge in [-0.15, -0.1) is 0 Å². The second-order valence-electron chi connectivity index (χ2n) is 7.44. The molecular formula is C19H24ClN3O2.